The van der Waals surface area contributed by atoms with E-state index in [1.54, 1.807) is 34.5 Å². The van der Waals surface area contributed by atoms with Crippen LogP contribution in [-0.4, -0.2) is 21.5 Å². The first-order chi connectivity index (χ1) is 17.6. The van der Waals surface area contributed by atoms with Crippen molar-refractivity contribution in [2.45, 2.75) is 62.5 Å². The Balaban J connectivity index is 1.48. The normalized spacial score (nSPS) is 13.8. The minimum atomic E-state index is -0.0898. The van der Waals surface area contributed by atoms with E-state index in [1.807, 2.05) is 30.3 Å². The molecular weight excluding hydrogens is 466 g/mol. The van der Waals surface area contributed by atoms with E-state index in [1.165, 1.54) is 16.7 Å². The number of hydrogen-bond donors (Lipinski definition) is 1. The van der Waals surface area contributed by atoms with Crippen LogP contribution in [0.4, 0.5) is 0 Å². The lowest BCUT2D eigenvalue weighted by Crippen LogP contribution is -2.32. The van der Waals surface area contributed by atoms with Crippen LogP contribution < -0.4 is 10.9 Å². The molecule has 1 heterocycles. The quantitative estimate of drug-likeness (QED) is 0.243. The van der Waals surface area contributed by atoms with Gasteiger partial charge in [-0.15, -0.1) is 0 Å². The minimum Gasteiger partial charge on any atom is -0.349 e. The molecule has 0 radical (unpaired) electrons. The largest absolute Gasteiger partial charge is 0.349 e. The monoisotopic (exact) mass is 497 g/mol. The van der Waals surface area contributed by atoms with Gasteiger partial charge in [0.15, 0.2) is 5.16 Å². The molecule has 0 bridgehead atoms. The Labute approximate surface area is 216 Å². The number of aromatic nitrogens is 2. The van der Waals surface area contributed by atoms with Crippen LogP contribution in [0.25, 0.3) is 10.9 Å². The van der Waals surface area contributed by atoms with Crippen LogP contribution >= 0.6 is 11.8 Å². The molecule has 1 aromatic heterocycles. The van der Waals surface area contributed by atoms with E-state index in [0.29, 0.717) is 28.2 Å². The summed E-state index contributed by atoms with van der Waals surface area (Å²) in [6.07, 6.45) is 5.13. The van der Waals surface area contributed by atoms with E-state index >= 15 is 0 Å². The Morgan fingerprint density at radius 3 is 2.56 bits per heavy atom. The summed E-state index contributed by atoms with van der Waals surface area (Å²) in [7, 11) is 0. The number of carbonyl (C=O) groups excluding carboxylic acids is 1. The summed E-state index contributed by atoms with van der Waals surface area (Å²) < 4.78 is 1.79. The SMILES string of the molecule is Cc1ccccc1CSc1nc2cc(C(=O)NC3CCCC3)ccc2c(=O)n1CCc1ccccc1. The van der Waals surface area contributed by atoms with E-state index in [9.17, 15) is 9.59 Å². The third-order valence-electron chi connectivity index (χ3n) is 6.96. The van der Waals surface area contributed by atoms with Crippen molar-refractivity contribution in [1.29, 1.82) is 0 Å². The number of fused-ring (bicyclic) bond motifs is 1. The molecule has 0 unspecified atom stereocenters. The Kier molecular flexibility index (Phi) is 7.52. The van der Waals surface area contributed by atoms with Crippen LogP contribution in [0.15, 0.2) is 82.7 Å². The summed E-state index contributed by atoms with van der Waals surface area (Å²) in [5.41, 5.74) is 4.68. The van der Waals surface area contributed by atoms with Gasteiger partial charge in [0, 0.05) is 23.9 Å². The van der Waals surface area contributed by atoms with E-state index in [-0.39, 0.29) is 17.5 Å². The average molecular weight is 498 g/mol. The molecule has 0 spiro atoms. The number of nitrogens with one attached hydrogen (secondary N) is 1. The highest BCUT2D eigenvalue weighted by Gasteiger charge is 2.19. The Hall–Kier alpha value is -3.38. The molecule has 1 saturated carbocycles. The topological polar surface area (TPSA) is 64.0 Å². The Bertz CT molecular complexity index is 1430. The first-order valence-corrected chi connectivity index (χ1v) is 13.6. The molecule has 1 N–H and O–H groups in total. The van der Waals surface area contributed by atoms with Gasteiger partial charge >= 0.3 is 0 Å². The van der Waals surface area contributed by atoms with Gasteiger partial charge in [0.25, 0.3) is 11.5 Å². The fourth-order valence-corrected chi connectivity index (χ4v) is 5.89. The van der Waals surface area contributed by atoms with Gasteiger partial charge in [0.2, 0.25) is 0 Å². The smallest absolute Gasteiger partial charge is 0.262 e. The van der Waals surface area contributed by atoms with Gasteiger partial charge in [0.05, 0.1) is 10.9 Å². The molecule has 3 aromatic carbocycles. The molecule has 1 aliphatic carbocycles. The zero-order chi connectivity index (χ0) is 24.9. The first kappa shape index (κ1) is 24.3. The molecule has 6 heteroatoms. The van der Waals surface area contributed by atoms with Gasteiger partial charge < -0.3 is 5.32 Å². The van der Waals surface area contributed by atoms with Crippen molar-refractivity contribution < 1.29 is 4.79 Å². The van der Waals surface area contributed by atoms with E-state index in [0.717, 1.165) is 37.9 Å². The molecular formula is C30H31N3O2S. The van der Waals surface area contributed by atoms with Crippen molar-refractivity contribution >= 4 is 28.6 Å². The summed E-state index contributed by atoms with van der Waals surface area (Å²) in [6, 6.07) is 24.0. The molecule has 1 fully saturated rings. The predicted molar refractivity (Wildman–Crippen MR) is 147 cm³/mol. The third kappa shape index (κ3) is 5.54. The molecule has 1 aliphatic rings. The van der Waals surface area contributed by atoms with Crippen LogP contribution in [0.3, 0.4) is 0 Å². The molecule has 0 aliphatic heterocycles. The number of nitrogens with zero attached hydrogens (tertiary/aromatic N) is 2. The van der Waals surface area contributed by atoms with Crippen molar-refractivity contribution in [2.24, 2.45) is 0 Å². The predicted octanol–water partition coefficient (Wildman–Crippen LogP) is 5.91. The van der Waals surface area contributed by atoms with Gasteiger partial charge in [-0.3, -0.25) is 14.2 Å². The zero-order valence-corrected chi connectivity index (χ0v) is 21.4. The lowest BCUT2D eigenvalue weighted by molar-refractivity contribution is 0.0938. The molecule has 5 rings (SSSR count). The summed E-state index contributed by atoms with van der Waals surface area (Å²) in [5, 5.41) is 4.36. The summed E-state index contributed by atoms with van der Waals surface area (Å²) >= 11 is 1.57. The lowest BCUT2D eigenvalue weighted by Gasteiger charge is -2.15. The maximum atomic E-state index is 13.6. The van der Waals surface area contributed by atoms with E-state index in [2.05, 4.69) is 36.5 Å². The summed E-state index contributed by atoms with van der Waals surface area (Å²) in [6.45, 7) is 2.65. The van der Waals surface area contributed by atoms with Crippen molar-refractivity contribution in [3.05, 3.63) is 105 Å². The molecule has 36 heavy (non-hydrogen) atoms. The number of thioether (sulfide) groups is 1. The lowest BCUT2D eigenvalue weighted by atomic mass is 10.1. The van der Waals surface area contributed by atoms with Crippen LogP contribution in [0.2, 0.25) is 0 Å². The summed E-state index contributed by atoms with van der Waals surface area (Å²) in [4.78, 5) is 31.4. The number of rotatable bonds is 8. The maximum absolute atomic E-state index is 13.6. The fraction of sp³-hybridized carbons (Fsp3) is 0.300. The second kappa shape index (κ2) is 11.1. The van der Waals surface area contributed by atoms with E-state index in [4.69, 9.17) is 4.98 Å². The molecule has 1 amide bonds. The standard InChI is InChI=1S/C30H31N3O2S/c1-21-9-5-6-12-24(21)20-36-30-32-27-19-23(28(34)31-25-13-7-8-14-25)15-16-26(27)29(35)33(30)18-17-22-10-3-2-4-11-22/h2-6,9-12,15-16,19,25H,7-8,13-14,17-18,20H2,1H3,(H,31,34). The fourth-order valence-electron chi connectivity index (χ4n) is 4.79. The number of amides is 1. The first-order valence-electron chi connectivity index (χ1n) is 12.7. The highest BCUT2D eigenvalue weighted by atomic mass is 32.2. The third-order valence-corrected chi connectivity index (χ3v) is 7.98. The number of aryl methyl sites for hydroxylation is 2. The van der Waals surface area contributed by atoms with Gasteiger partial charge in [-0.05, 0) is 61.1 Å². The zero-order valence-electron chi connectivity index (χ0n) is 20.6. The van der Waals surface area contributed by atoms with Crippen LogP contribution in [-0.2, 0) is 18.7 Å². The summed E-state index contributed by atoms with van der Waals surface area (Å²) in [5.74, 6) is 0.630. The van der Waals surface area contributed by atoms with Gasteiger partial charge in [-0.2, -0.15) is 0 Å². The second-order valence-corrected chi connectivity index (χ2v) is 10.4. The average Bonchev–Trinajstić information content (AvgIpc) is 3.41. The number of benzene rings is 3. The van der Waals surface area contributed by atoms with Crippen LogP contribution in [0.5, 0.6) is 0 Å². The van der Waals surface area contributed by atoms with Gasteiger partial charge in [-0.1, -0.05) is 79.2 Å². The van der Waals surface area contributed by atoms with Crippen LogP contribution in [0.1, 0.15) is 52.7 Å². The van der Waals surface area contributed by atoms with Gasteiger partial charge in [0.1, 0.15) is 0 Å². The highest BCUT2D eigenvalue weighted by molar-refractivity contribution is 7.98. The second-order valence-electron chi connectivity index (χ2n) is 9.49. The maximum Gasteiger partial charge on any atom is 0.262 e. The van der Waals surface area contributed by atoms with Crippen molar-refractivity contribution in [3.8, 4) is 0 Å². The van der Waals surface area contributed by atoms with Crippen molar-refractivity contribution in [2.75, 3.05) is 0 Å². The molecule has 184 valence electrons. The number of hydrogen-bond acceptors (Lipinski definition) is 4. The molecule has 0 atom stereocenters. The molecule has 4 aromatic rings. The minimum absolute atomic E-state index is 0.0639. The number of carbonyl (C=O) groups is 1. The highest BCUT2D eigenvalue weighted by Crippen LogP contribution is 2.25. The van der Waals surface area contributed by atoms with Crippen molar-refractivity contribution in [3.63, 3.8) is 0 Å². The molecule has 5 nitrogen and oxygen atoms in total. The van der Waals surface area contributed by atoms with Crippen molar-refractivity contribution in [1.82, 2.24) is 14.9 Å². The van der Waals surface area contributed by atoms with Crippen LogP contribution in [0, 0.1) is 6.92 Å². The Morgan fingerprint density at radius 2 is 1.78 bits per heavy atom. The van der Waals surface area contributed by atoms with E-state index < -0.39 is 0 Å². The molecule has 0 saturated heterocycles. The Morgan fingerprint density at radius 1 is 1.03 bits per heavy atom. The van der Waals surface area contributed by atoms with Gasteiger partial charge in [-0.25, -0.2) is 4.98 Å².